The highest BCUT2D eigenvalue weighted by molar-refractivity contribution is 5.81. The monoisotopic (exact) mass is 359 g/mol. The zero-order valence-electron chi connectivity index (χ0n) is 15.4. The van der Waals surface area contributed by atoms with Gasteiger partial charge in [-0.25, -0.2) is 0 Å². The summed E-state index contributed by atoms with van der Waals surface area (Å²) in [6.45, 7) is 6.85. The smallest absolute Gasteiger partial charge is 0.251 e. The van der Waals surface area contributed by atoms with Crippen LogP contribution in [0, 0.1) is 5.41 Å². The van der Waals surface area contributed by atoms with Crippen LogP contribution in [-0.2, 0) is 20.8 Å². The van der Waals surface area contributed by atoms with Crippen molar-refractivity contribution in [3.63, 3.8) is 0 Å². The Hall–Kier alpha value is -1.50. The Bertz CT molecular complexity index is 596. The fraction of sp³-hybridized carbons (Fsp3) is 0.700. The maximum absolute atomic E-state index is 12.6. The van der Waals surface area contributed by atoms with Crippen LogP contribution in [0.15, 0.2) is 24.5 Å². The van der Waals surface area contributed by atoms with Crippen LogP contribution in [0.5, 0.6) is 0 Å². The number of carbonyl (C=O) groups excluding carboxylic acids is 1. The van der Waals surface area contributed by atoms with Gasteiger partial charge in [0.25, 0.3) is 5.91 Å². The second-order valence-electron chi connectivity index (χ2n) is 7.95. The van der Waals surface area contributed by atoms with E-state index in [1.54, 1.807) is 0 Å². The van der Waals surface area contributed by atoms with E-state index in [0.717, 1.165) is 78.2 Å². The molecule has 0 unspecified atom stereocenters. The summed E-state index contributed by atoms with van der Waals surface area (Å²) in [7, 11) is 0. The summed E-state index contributed by atoms with van der Waals surface area (Å²) < 4.78 is 11.5. The van der Waals surface area contributed by atoms with Crippen molar-refractivity contribution in [3.8, 4) is 0 Å². The molecule has 0 N–H and O–H groups in total. The van der Waals surface area contributed by atoms with Crippen LogP contribution in [0.3, 0.4) is 0 Å². The molecule has 1 atom stereocenters. The summed E-state index contributed by atoms with van der Waals surface area (Å²) in [6.07, 6.45) is 7.47. The molecule has 3 fully saturated rings. The minimum atomic E-state index is -0.198. The van der Waals surface area contributed by atoms with E-state index < -0.39 is 0 Å². The van der Waals surface area contributed by atoms with Gasteiger partial charge in [0, 0.05) is 57.1 Å². The molecule has 3 aliphatic heterocycles. The standard InChI is InChI=1S/C20H29N3O3/c24-19(18-4-2-11-26-18)23-8-5-20(6-9-23)15-22(10-12-25-16-20)14-17-3-1-7-21-13-17/h1,3,7,13,18H,2,4-6,8-12,14-16H2/t18-/m0/s1. The first-order chi connectivity index (χ1) is 12.7. The van der Waals surface area contributed by atoms with Gasteiger partial charge < -0.3 is 14.4 Å². The van der Waals surface area contributed by atoms with Crippen LogP contribution >= 0.6 is 0 Å². The number of amides is 1. The Kier molecular flexibility index (Phi) is 5.52. The summed E-state index contributed by atoms with van der Waals surface area (Å²) in [5.74, 6) is 0.194. The lowest BCUT2D eigenvalue weighted by atomic mass is 9.78. The molecule has 0 radical (unpaired) electrons. The molecule has 1 spiro atoms. The molecule has 3 aliphatic rings. The van der Waals surface area contributed by atoms with Gasteiger partial charge in [-0.05, 0) is 37.3 Å². The van der Waals surface area contributed by atoms with E-state index in [2.05, 4.69) is 16.0 Å². The van der Waals surface area contributed by atoms with E-state index in [0.29, 0.717) is 0 Å². The van der Waals surface area contributed by atoms with Gasteiger partial charge in [-0.1, -0.05) is 6.07 Å². The molecule has 4 rings (SSSR count). The topological polar surface area (TPSA) is 54.9 Å². The van der Waals surface area contributed by atoms with Gasteiger partial charge in [-0.15, -0.1) is 0 Å². The highest BCUT2D eigenvalue weighted by Crippen LogP contribution is 2.35. The fourth-order valence-electron chi connectivity index (χ4n) is 4.45. The van der Waals surface area contributed by atoms with Crippen molar-refractivity contribution in [1.29, 1.82) is 0 Å². The predicted octanol–water partition coefficient (Wildman–Crippen LogP) is 1.70. The maximum Gasteiger partial charge on any atom is 0.251 e. The zero-order valence-corrected chi connectivity index (χ0v) is 15.4. The maximum atomic E-state index is 12.6. The Labute approximate surface area is 155 Å². The van der Waals surface area contributed by atoms with Crippen LogP contribution in [0.1, 0.15) is 31.2 Å². The lowest BCUT2D eigenvalue weighted by Crippen LogP contribution is -2.50. The molecule has 1 amide bonds. The van der Waals surface area contributed by atoms with Gasteiger partial charge in [-0.3, -0.25) is 14.7 Å². The number of carbonyl (C=O) groups is 1. The largest absolute Gasteiger partial charge is 0.379 e. The Morgan fingerprint density at radius 3 is 2.88 bits per heavy atom. The van der Waals surface area contributed by atoms with Crippen molar-refractivity contribution < 1.29 is 14.3 Å². The number of rotatable bonds is 3. The second-order valence-corrected chi connectivity index (χ2v) is 7.95. The van der Waals surface area contributed by atoms with E-state index in [4.69, 9.17) is 9.47 Å². The molecular formula is C20H29N3O3. The number of hydrogen-bond donors (Lipinski definition) is 0. The Balaban J connectivity index is 1.36. The highest BCUT2D eigenvalue weighted by atomic mass is 16.5. The predicted molar refractivity (Wildman–Crippen MR) is 97.6 cm³/mol. The van der Waals surface area contributed by atoms with Crippen LogP contribution in [0.25, 0.3) is 0 Å². The van der Waals surface area contributed by atoms with E-state index in [1.165, 1.54) is 5.56 Å². The molecule has 4 heterocycles. The number of pyridine rings is 1. The summed E-state index contributed by atoms with van der Waals surface area (Å²) >= 11 is 0. The number of hydrogen-bond acceptors (Lipinski definition) is 5. The minimum absolute atomic E-state index is 0.159. The summed E-state index contributed by atoms with van der Waals surface area (Å²) in [5.41, 5.74) is 1.40. The molecule has 0 aliphatic carbocycles. The Morgan fingerprint density at radius 2 is 2.15 bits per heavy atom. The van der Waals surface area contributed by atoms with Crippen LogP contribution < -0.4 is 0 Å². The summed E-state index contributed by atoms with van der Waals surface area (Å²) in [6, 6.07) is 4.13. The summed E-state index contributed by atoms with van der Waals surface area (Å²) in [5, 5.41) is 0. The van der Waals surface area contributed by atoms with E-state index in [1.807, 2.05) is 23.4 Å². The highest BCUT2D eigenvalue weighted by Gasteiger charge is 2.40. The molecule has 142 valence electrons. The lowest BCUT2D eigenvalue weighted by molar-refractivity contribution is -0.144. The van der Waals surface area contributed by atoms with Crippen molar-refractivity contribution in [1.82, 2.24) is 14.8 Å². The van der Waals surface area contributed by atoms with Crippen molar-refractivity contribution in [2.45, 2.75) is 38.3 Å². The average molecular weight is 359 g/mol. The number of piperidine rings is 1. The number of aromatic nitrogens is 1. The van der Waals surface area contributed by atoms with Crippen LogP contribution in [0.4, 0.5) is 0 Å². The molecule has 6 heteroatoms. The van der Waals surface area contributed by atoms with Gasteiger partial charge in [-0.2, -0.15) is 0 Å². The van der Waals surface area contributed by atoms with Gasteiger partial charge in [0.15, 0.2) is 0 Å². The molecule has 1 aromatic heterocycles. The number of likely N-dealkylation sites (tertiary alicyclic amines) is 1. The van der Waals surface area contributed by atoms with Gasteiger partial charge in [0.05, 0.1) is 13.2 Å². The molecule has 6 nitrogen and oxygen atoms in total. The van der Waals surface area contributed by atoms with Crippen molar-refractivity contribution in [2.75, 3.05) is 46.0 Å². The minimum Gasteiger partial charge on any atom is -0.379 e. The van der Waals surface area contributed by atoms with Crippen LogP contribution in [0.2, 0.25) is 0 Å². The molecule has 1 aromatic rings. The second kappa shape index (κ2) is 8.03. The van der Waals surface area contributed by atoms with Crippen molar-refractivity contribution >= 4 is 5.91 Å². The van der Waals surface area contributed by atoms with E-state index in [9.17, 15) is 4.79 Å². The summed E-state index contributed by atoms with van der Waals surface area (Å²) in [4.78, 5) is 21.3. The first kappa shape index (κ1) is 17.9. The molecule has 26 heavy (non-hydrogen) atoms. The molecule has 0 aromatic carbocycles. The third-order valence-corrected chi connectivity index (χ3v) is 5.99. The first-order valence-corrected chi connectivity index (χ1v) is 9.84. The number of ether oxygens (including phenoxy) is 2. The lowest BCUT2D eigenvalue weighted by Gasteiger charge is -2.43. The quantitative estimate of drug-likeness (QED) is 0.822. The van der Waals surface area contributed by atoms with Crippen LogP contribution in [-0.4, -0.2) is 72.8 Å². The van der Waals surface area contributed by atoms with Crippen molar-refractivity contribution in [3.05, 3.63) is 30.1 Å². The average Bonchev–Trinajstić information content (AvgIpc) is 3.14. The zero-order chi connectivity index (χ0) is 17.8. The van der Waals surface area contributed by atoms with E-state index >= 15 is 0 Å². The normalized spacial score (nSPS) is 26.8. The van der Waals surface area contributed by atoms with E-state index in [-0.39, 0.29) is 17.4 Å². The number of nitrogens with zero attached hydrogens (tertiary/aromatic N) is 3. The van der Waals surface area contributed by atoms with Crippen molar-refractivity contribution in [2.24, 2.45) is 5.41 Å². The molecule has 3 saturated heterocycles. The molecular weight excluding hydrogens is 330 g/mol. The van der Waals surface area contributed by atoms with Gasteiger partial charge in [0.2, 0.25) is 0 Å². The van der Waals surface area contributed by atoms with Gasteiger partial charge in [0.1, 0.15) is 6.10 Å². The fourth-order valence-corrected chi connectivity index (χ4v) is 4.45. The van der Waals surface area contributed by atoms with Gasteiger partial charge >= 0.3 is 0 Å². The third-order valence-electron chi connectivity index (χ3n) is 5.99. The molecule has 0 saturated carbocycles. The Morgan fingerprint density at radius 1 is 1.27 bits per heavy atom. The SMILES string of the molecule is O=C([C@@H]1CCCO1)N1CCC2(CC1)COCCN(Cc1cccnc1)C2. The first-order valence-electron chi connectivity index (χ1n) is 9.84. The third kappa shape index (κ3) is 4.08. The molecule has 0 bridgehead atoms.